The van der Waals surface area contributed by atoms with Gasteiger partial charge in [0.1, 0.15) is 5.54 Å². The maximum absolute atomic E-state index is 11.4. The number of carbonyl (C=O) groups is 1. The lowest BCUT2D eigenvalue weighted by Crippen LogP contribution is -2.50. The summed E-state index contributed by atoms with van der Waals surface area (Å²) in [7, 11) is 1.78. The molecule has 1 saturated heterocycles. The molecule has 1 aliphatic heterocycles. The molecule has 2 N–H and O–H groups in total. The highest BCUT2D eigenvalue weighted by Gasteiger charge is 2.47. The van der Waals surface area contributed by atoms with E-state index in [4.69, 9.17) is 0 Å². The van der Waals surface area contributed by atoms with Gasteiger partial charge in [-0.15, -0.1) is 0 Å². The Balaban J connectivity index is 2.04. The molecule has 0 amide bonds. The molecule has 1 heterocycles. The second-order valence-electron chi connectivity index (χ2n) is 5.48. The summed E-state index contributed by atoms with van der Waals surface area (Å²) in [6.07, 6.45) is 6.28. The molecule has 1 saturated carbocycles. The van der Waals surface area contributed by atoms with E-state index in [1.54, 1.807) is 7.05 Å². The minimum atomic E-state index is -0.685. The third kappa shape index (κ3) is 2.20. The largest absolute Gasteiger partial charge is 0.480 e. The SMILES string of the molecule is CCC1CCCN1C1CCC(NC)(C(=O)O)C1. The smallest absolute Gasteiger partial charge is 0.323 e. The molecule has 4 nitrogen and oxygen atoms in total. The van der Waals surface area contributed by atoms with E-state index in [0.29, 0.717) is 12.1 Å². The van der Waals surface area contributed by atoms with Gasteiger partial charge in [-0.25, -0.2) is 0 Å². The van der Waals surface area contributed by atoms with Crippen molar-refractivity contribution in [2.75, 3.05) is 13.6 Å². The maximum Gasteiger partial charge on any atom is 0.323 e. The van der Waals surface area contributed by atoms with Gasteiger partial charge < -0.3 is 10.4 Å². The Kier molecular flexibility index (Phi) is 3.73. The fourth-order valence-corrected chi connectivity index (χ4v) is 3.61. The van der Waals surface area contributed by atoms with Crippen LogP contribution in [0.15, 0.2) is 0 Å². The van der Waals surface area contributed by atoms with E-state index in [-0.39, 0.29) is 0 Å². The van der Waals surface area contributed by atoms with Gasteiger partial charge in [0.25, 0.3) is 0 Å². The van der Waals surface area contributed by atoms with Gasteiger partial charge in [0.15, 0.2) is 0 Å². The summed E-state index contributed by atoms with van der Waals surface area (Å²) in [4.78, 5) is 13.9. The number of carboxylic acids is 1. The van der Waals surface area contributed by atoms with Gasteiger partial charge in [0.2, 0.25) is 0 Å². The van der Waals surface area contributed by atoms with Crippen molar-refractivity contribution in [3.05, 3.63) is 0 Å². The monoisotopic (exact) mass is 240 g/mol. The molecule has 0 radical (unpaired) electrons. The van der Waals surface area contributed by atoms with Crippen molar-refractivity contribution in [2.45, 2.75) is 63.1 Å². The number of likely N-dealkylation sites (N-methyl/N-ethyl adjacent to an activating group) is 1. The Morgan fingerprint density at radius 2 is 2.29 bits per heavy atom. The average molecular weight is 240 g/mol. The first-order chi connectivity index (χ1) is 8.13. The third-order valence-corrected chi connectivity index (χ3v) is 4.74. The Bertz CT molecular complexity index is 295. The number of likely N-dealkylation sites (tertiary alicyclic amines) is 1. The highest BCUT2D eigenvalue weighted by Crippen LogP contribution is 2.36. The van der Waals surface area contributed by atoms with Crippen molar-refractivity contribution in [2.24, 2.45) is 0 Å². The van der Waals surface area contributed by atoms with Crippen molar-refractivity contribution in [3.63, 3.8) is 0 Å². The van der Waals surface area contributed by atoms with E-state index in [1.807, 2.05) is 0 Å². The molecule has 3 atom stereocenters. The summed E-state index contributed by atoms with van der Waals surface area (Å²) in [6, 6.07) is 1.15. The molecule has 0 spiro atoms. The van der Waals surface area contributed by atoms with Gasteiger partial charge >= 0.3 is 5.97 Å². The Hall–Kier alpha value is -0.610. The second kappa shape index (κ2) is 4.94. The zero-order valence-corrected chi connectivity index (χ0v) is 10.9. The van der Waals surface area contributed by atoms with Crippen LogP contribution in [0.1, 0.15) is 45.4 Å². The fraction of sp³-hybridized carbons (Fsp3) is 0.923. The van der Waals surface area contributed by atoms with E-state index < -0.39 is 11.5 Å². The molecule has 1 aliphatic carbocycles. The van der Waals surface area contributed by atoms with Crippen molar-refractivity contribution in [1.29, 1.82) is 0 Å². The Morgan fingerprint density at radius 3 is 2.82 bits per heavy atom. The van der Waals surface area contributed by atoms with Crippen molar-refractivity contribution in [3.8, 4) is 0 Å². The molecule has 2 aliphatic rings. The molecule has 4 heteroatoms. The predicted octanol–water partition coefficient (Wildman–Crippen LogP) is 1.46. The number of nitrogens with zero attached hydrogens (tertiary/aromatic N) is 1. The average Bonchev–Trinajstić information content (AvgIpc) is 2.95. The number of nitrogens with one attached hydrogen (secondary N) is 1. The van der Waals surface area contributed by atoms with Crippen molar-refractivity contribution < 1.29 is 9.90 Å². The minimum Gasteiger partial charge on any atom is -0.480 e. The summed E-state index contributed by atoms with van der Waals surface area (Å²) in [5.41, 5.74) is -0.675. The van der Waals surface area contributed by atoms with Crippen LogP contribution in [0.25, 0.3) is 0 Å². The van der Waals surface area contributed by atoms with Gasteiger partial charge in [0.05, 0.1) is 0 Å². The summed E-state index contributed by atoms with van der Waals surface area (Å²) in [6.45, 7) is 3.39. The molecule has 17 heavy (non-hydrogen) atoms. The molecule has 0 bridgehead atoms. The first kappa shape index (κ1) is 12.8. The van der Waals surface area contributed by atoms with Crippen LogP contribution in [-0.2, 0) is 4.79 Å². The summed E-state index contributed by atoms with van der Waals surface area (Å²) >= 11 is 0. The van der Waals surface area contributed by atoms with E-state index in [0.717, 1.165) is 25.8 Å². The van der Waals surface area contributed by atoms with Gasteiger partial charge in [-0.05, 0) is 52.1 Å². The zero-order valence-electron chi connectivity index (χ0n) is 10.9. The van der Waals surface area contributed by atoms with Crippen LogP contribution in [0.3, 0.4) is 0 Å². The maximum atomic E-state index is 11.4. The standard InChI is InChI=1S/C13H24N2O2/c1-3-10-5-4-8-15(10)11-6-7-13(9-11,14-2)12(16)17/h10-11,14H,3-9H2,1-2H3,(H,16,17). The van der Waals surface area contributed by atoms with E-state index in [2.05, 4.69) is 17.1 Å². The number of rotatable bonds is 4. The van der Waals surface area contributed by atoms with Crippen molar-refractivity contribution >= 4 is 5.97 Å². The first-order valence-corrected chi connectivity index (χ1v) is 6.81. The quantitative estimate of drug-likeness (QED) is 0.781. The Morgan fingerprint density at radius 1 is 1.53 bits per heavy atom. The Labute approximate surface area is 103 Å². The molecule has 0 aromatic heterocycles. The highest BCUT2D eigenvalue weighted by molar-refractivity contribution is 5.79. The molecule has 2 fully saturated rings. The summed E-state index contributed by atoms with van der Waals surface area (Å²) in [5.74, 6) is -0.685. The topological polar surface area (TPSA) is 52.6 Å². The van der Waals surface area contributed by atoms with Gasteiger partial charge in [0, 0.05) is 12.1 Å². The molecular formula is C13H24N2O2. The second-order valence-corrected chi connectivity index (χ2v) is 5.48. The van der Waals surface area contributed by atoms with Crippen LogP contribution < -0.4 is 5.32 Å². The third-order valence-electron chi connectivity index (χ3n) is 4.74. The van der Waals surface area contributed by atoms with Crippen LogP contribution in [0, 0.1) is 0 Å². The zero-order chi connectivity index (χ0) is 12.5. The molecule has 0 aromatic rings. The summed E-state index contributed by atoms with van der Waals surface area (Å²) < 4.78 is 0. The van der Waals surface area contributed by atoms with Crippen LogP contribution >= 0.6 is 0 Å². The lowest BCUT2D eigenvalue weighted by Gasteiger charge is -2.31. The molecule has 3 unspecified atom stereocenters. The van der Waals surface area contributed by atoms with E-state index in [9.17, 15) is 9.90 Å². The number of aliphatic carboxylic acids is 1. The normalized spacial score (nSPS) is 38.7. The minimum absolute atomic E-state index is 0.464. The lowest BCUT2D eigenvalue weighted by atomic mass is 9.97. The lowest BCUT2D eigenvalue weighted by molar-refractivity contribution is -0.144. The van der Waals surface area contributed by atoms with E-state index >= 15 is 0 Å². The number of hydrogen-bond acceptors (Lipinski definition) is 3. The van der Waals surface area contributed by atoms with Gasteiger partial charge in [-0.3, -0.25) is 9.69 Å². The molecule has 98 valence electrons. The van der Waals surface area contributed by atoms with E-state index in [1.165, 1.54) is 19.3 Å². The predicted molar refractivity (Wildman–Crippen MR) is 67.1 cm³/mol. The summed E-state index contributed by atoms with van der Waals surface area (Å²) in [5, 5.41) is 12.4. The van der Waals surface area contributed by atoms with Crippen LogP contribution in [0.4, 0.5) is 0 Å². The van der Waals surface area contributed by atoms with Gasteiger partial charge in [-0.2, -0.15) is 0 Å². The van der Waals surface area contributed by atoms with Crippen LogP contribution in [-0.4, -0.2) is 47.2 Å². The number of hydrogen-bond donors (Lipinski definition) is 2. The number of carboxylic acid groups (broad SMARTS) is 1. The molecule has 2 rings (SSSR count). The van der Waals surface area contributed by atoms with Crippen molar-refractivity contribution in [1.82, 2.24) is 10.2 Å². The van der Waals surface area contributed by atoms with Crippen LogP contribution in [0.2, 0.25) is 0 Å². The molecule has 0 aromatic carbocycles. The van der Waals surface area contributed by atoms with Gasteiger partial charge in [-0.1, -0.05) is 6.92 Å². The van der Waals surface area contributed by atoms with Crippen LogP contribution in [0.5, 0.6) is 0 Å². The fourth-order valence-electron chi connectivity index (χ4n) is 3.61. The molecular weight excluding hydrogens is 216 g/mol. The first-order valence-electron chi connectivity index (χ1n) is 6.81. The highest BCUT2D eigenvalue weighted by atomic mass is 16.4.